The molecule has 102 valence electrons. The lowest BCUT2D eigenvalue weighted by molar-refractivity contribution is 0.501. The van der Waals surface area contributed by atoms with Crippen LogP contribution in [0.2, 0.25) is 5.02 Å². The molecule has 0 bridgehead atoms. The molecule has 0 aliphatic carbocycles. The topological polar surface area (TPSA) is 36.4 Å². The third-order valence-corrected chi connectivity index (χ3v) is 2.30. The predicted molar refractivity (Wildman–Crippen MR) is 90.0 cm³/mol. The Morgan fingerprint density at radius 2 is 2.00 bits per heavy atom. The lowest BCUT2D eigenvalue weighted by atomic mass is 10.1. The van der Waals surface area contributed by atoms with Crippen LogP contribution >= 0.6 is 35.6 Å². The summed E-state index contributed by atoms with van der Waals surface area (Å²) in [5.74, 6) is 0.789. The highest BCUT2D eigenvalue weighted by molar-refractivity contribution is 14.0. The summed E-state index contributed by atoms with van der Waals surface area (Å²) >= 11 is 5.93. The van der Waals surface area contributed by atoms with Gasteiger partial charge in [0, 0.05) is 24.2 Å². The van der Waals surface area contributed by atoms with Gasteiger partial charge in [-0.2, -0.15) is 0 Å². The maximum atomic E-state index is 5.93. The van der Waals surface area contributed by atoms with Crippen molar-refractivity contribution in [3.8, 4) is 0 Å². The quantitative estimate of drug-likeness (QED) is 0.468. The monoisotopic (exact) mass is 381 g/mol. The highest BCUT2D eigenvalue weighted by atomic mass is 127. The number of guanidine groups is 1. The average molecular weight is 382 g/mol. The SMILES string of the molecule is CN=C(NCc1cccc(Cl)c1)NC(C)(C)C.I. The van der Waals surface area contributed by atoms with Gasteiger partial charge in [0.05, 0.1) is 0 Å². The molecule has 5 heteroatoms. The molecule has 3 nitrogen and oxygen atoms in total. The summed E-state index contributed by atoms with van der Waals surface area (Å²) in [6.45, 7) is 6.99. The van der Waals surface area contributed by atoms with Gasteiger partial charge in [0.15, 0.2) is 5.96 Å². The van der Waals surface area contributed by atoms with Crippen molar-refractivity contribution in [1.82, 2.24) is 10.6 Å². The van der Waals surface area contributed by atoms with Crippen molar-refractivity contribution in [1.29, 1.82) is 0 Å². The molecular weight excluding hydrogens is 361 g/mol. The summed E-state index contributed by atoms with van der Waals surface area (Å²) < 4.78 is 0. The maximum absolute atomic E-state index is 5.93. The van der Waals surface area contributed by atoms with Crippen molar-refractivity contribution in [3.63, 3.8) is 0 Å². The van der Waals surface area contributed by atoms with E-state index in [1.807, 2.05) is 24.3 Å². The molecule has 0 unspecified atom stereocenters. The molecule has 0 atom stereocenters. The second-order valence-electron chi connectivity index (χ2n) is 4.93. The number of hydrogen-bond acceptors (Lipinski definition) is 1. The van der Waals surface area contributed by atoms with Gasteiger partial charge in [-0.15, -0.1) is 24.0 Å². The fourth-order valence-corrected chi connectivity index (χ4v) is 1.58. The molecule has 1 aromatic rings. The molecule has 0 aliphatic rings. The molecule has 1 rings (SSSR count). The molecule has 2 N–H and O–H groups in total. The normalized spacial score (nSPS) is 11.7. The van der Waals surface area contributed by atoms with Gasteiger partial charge in [0.2, 0.25) is 0 Å². The molecule has 0 radical (unpaired) electrons. The van der Waals surface area contributed by atoms with Crippen molar-refractivity contribution in [2.75, 3.05) is 7.05 Å². The average Bonchev–Trinajstić information content (AvgIpc) is 2.23. The van der Waals surface area contributed by atoms with E-state index in [2.05, 4.69) is 36.4 Å². The lowest BCUT2D eigenvalue weighted by Gasteiger charge is -2.23. The van der Waals surface area contributed by atoms with E-state index in [-0.39, 0.29) is 29.5 Å². The Morgan fingerprint density at radius 3 is 2.50 bits per heavy atom. The van der Waals surface area contributed by atoms with Crippen molar-refractivity contribution in [3.05, 3.63) is 34.9 Å². The second-order valence-corrected chi connectivity index (χ2v) is 5.37. The first-order chi connectivity index (χ1) is 7.90. The molecule has 0 heterocycles. The Balaban J connectivity index is 0.00000289. The van der Waals surface area contributed by atoms with E-state index in [1.54, 1.807) is 7.05 Å². The molecule has 0 amide bonds. The van der Waals surface area contributed by atoms with E-state index in [9.17, 15) is 0 Å². The Hall–Kier alpha value is -0.490. The molecule has 0 aromatic heterocycles. The van der Waals surface area contributed by atoms with Crippen molar-refractivity contribution < 1.29 is 0 Å². The van der Waals surface area contributed by atoms with E-state index < -0.39 is 0 Å². The van der Waals surface area contributed by atoms with Crippen molar-refractivity contribution in [2.45, 2.75) is 32.9 Å². The van der Waals surface area contributed by atoms with Crippen LogP contribution in [0.15, 0.2) is 29.3 Å². The highest BCUT2D eigenvalue weighted by Crippen LogP contribution is 2.10. The van der Waals surface area contributed by atoms with Gasteiger partial charge >= 0.3 is 0 Å². The molecule has 1 aromatic carbocycles. The fourth-order valence-electron chi connectivity index (χ4n) is 1.37. The Kier molecular flexibility index (Phi) is 7.62. The number of hydrogen-bond donors (Lipinski definition) is 2. The number of aliphatic imine (C=N–C) groups is 1. The van der Waals surface area contributed by atoms with Crippen LogP contribution in [0.3, 0.4) is 0 Å². The summed E-state index contributed by atoms with van der Waals surface area (Å²) in [6.07, 6.45) is 0. The van der Waals surface area contributed by atoms with E-state index in [1.165, 1.54) is 0 Å². The van der Waals surface area contributed by atoms with Gasteiger partial charge in [0.25, 0.3) is 0 Å². The maximum Gasteiger partial charge on any atom is 0.191 e. The number of halogens is 2. The zero-order chi connectivity index (χ0) is 12.9. The summed E-state index contributed by atoms with van der Waals surface area (Å²) in [7, 11) is 1.76. The van der Waals surface area contributed by atoms with Crippen LogP contribution in [0.1, 0.15) is 26.3 Å². The number of nitrogens with zero attached hydrogens (tertiary/aromatic N) is 1. The van der Waals surface area contributed by atoms with E-state index in [0.717, 1.165) is 16.5 Å². The van der Waals surface area contributed by atoms with Gasteiger partial charge in [-0.25, -0.2) is 0 Å². The van der Waals surface area contributed by atoms with E-state index in [0.29, 0.717) is 6.54 Å². The molecule has 18 heavy (non-hydrogen) atoms. The summed E-state index contributed by atoms with van der Waals surface area (Å²) in [4.78, 5) is 4.17. The minimum absolute atomic E-state index is 0. The Labute approximate surface area is 131 Å². The van der Waals surface area contributed by atoms with Crippen molar-refractivity contribution >= 4 is 41.5 Å². The highest BCUT2D eigenvalue weighted by Gasteiger charge is 2.11. The van der Waals surface area contributed by atoms with Crippen LogP contribution in [0.4, 0.5) is 0 Å². The summed E-state index contributed by atoms with van der Waals surface area (Å²) in [6, 6.07) is 7.79. The molecule has 0 spiro atoms. The first-order valence-electron chi connectivity index (χ1n) is 5.64. The molecule has 0 saturated heterocycles. The van der Waals surface area contributed by atoms with Gasteiger partial charge in [-0.3, -0.25) is 4.99 Å². The number of nitrogens with one attached hydrogen (secondary N) is 2. The zero-order valence-corrected chi connectivity index (χ0v) is 14.3. The Morgan fingerprint density at radius 1 is 1.33 bits per heavy atom. The predicted octanol–water partition coefficient (Wildman–Crippen LogP) is 3.42. The standard InChI is InChI=1S/C13H20ClN3.HI/c1-13(2,3)17-12(15-4)16-9-10-6-5-7-11(14)8-10;/h5-8H,9H2,1-4H3,(H2,15,16,17);1H. The zero-order valence-electron chi connectivity index (χ0n) is 11.2. The van der Waals surface area contributed by atoms with Gasteiger partial charge < -0.3 is 10.6 Å². The van der Waals surface area contributed by atoms with Crippen LogP contribution in [0, 0.1) is 0 Å². The van der Waals surface area contributed by atoms with Crippen LogP contribution in [-0.2, 0) is 6.54 Å². The number of benzene rings is 1. The van der Waals surface area contributed by atoms with Gasteiger partial charge in [-0.1, -0.05) is 23.7 Å². The Bertz CT molecular complexity index is 399. The third kappa shape index (κ3) is 7.06. The van der Waals surface area contributed by atoms with Crippen LogP contribution in [-0.4, -0.2) is 18.5 Å². The minimum Gasteiger partial charge on any atom is -0.352 e. The summed E-state index contributed by atoms with van der Waals surface area (Å²) in [5.41, 5.74) is 1.13. The smallest absolute Gasteiger partial charge is 0.191 e. The molecule has 0 saturated carbocycles. The second kappa shape index (κ2) is 7.84. The van der Waals surface area contributed by atoms with Gasteiger partial charge in [-0.05, 0) is 38.5 Å². The fraction of sp³-hybridized carbons (Fsp3) is 0.462. The van der Waals surface area contributed by atoms with Crippen LogP contribution < -0.4 is 10.6 Å². The van der Waals surface area contributed by atoms with E-state index >= 15 is 0 Å². The minimum atomic E-state index is -0.00379. The third-order valence-electron chi connectivity index (χ3n) is 2.07. The largest absolute Gasteiger partial charge is 0.352 e. The summed E-state index contributed by atoms with van der Waals surface area (Å²) in [5, 5.41) is 7.30. The number of rotatable bonds is 2. The van der Waals surface area contributed by atoms with Crippen LogP contribution in [0.5, 0.6) is 0 Å². The van der Waals surface area contributed by atoms with E-state index in [4.69, 9.17) is 11.6 Å². The molecule has 0 fully saturated rings. The molecule has 0 aliphatic heterocycles. The van der Waals surface area contributed by atoms with Crippen molar-refractivity contribution in [2.24, 2.45) is 4.99 Å². The van der Waals surface area contributed by atoms with Gasteiger partial charge in [0.1, 0.15) is 0 Å². The first-order valence-corrected chi connectivity index (χ1v) is 6.02. The van der Waals surface area contributed by atoms with Crippen LogP contribution in [0.25, 0.3) is 0 Å². The first kappa shape index (κ1) is 17.5. The lowest BCUT2D eigenvalue weighted by Crippen LogP contribution is -2.47. The molecular formula is C13H21ClIN3.